The Hall–Kier alpha value is -10.5. The molecular formula is C64H104N24O15. The topological polar surface area (TPSA) is 663 Å². The third-order valence-electron chi connectivity index (χ3n) is 16.6. The molecule has 39 heteroatoms. The predicted molar refractivity (Wildman–Crippen MR) is 377 cm³/mol. The number of carbonyl (C=O) groups is 13. The Labute approximate surface area is 595 Å². The lowest BCUT2D eigenvalue weighted by atomic mass is 10.0. The first-order chi connectivity index (χ1) is 49.0. The van der Waals surface area contributed by atoms with Crippen LogP contribution in [0.2, 0.25) is 0 Å². The van der Waals surface area contributed by atoms with Crippen LogP contribution in [-0.4, -0.2) is 231 Å². The second-order valence-electron chi connectivity index (χ2n) is 25.4. The van der Waals surface area contributed by atoms with Gasteiger partial charge < -0.3 is 124 Å². The molecule has 103 heavy (non-hydrogen) atoms. The average Bonchev–Trinajstić information content (AvgIpc) is 1.74. The molecule has 1 aromatic carbocycles. The van der Waals surface area contributed by atoms with Crippen LogP contribution in [0.3, 0.4) is 0 Å². The molecule has 1 saturated heterocycles. The zero-order valence-electron chi connectivity index (χ0n) is 58.3. The summed E-state index contributed by atoms with van der Waals surface area (Å²) >= 11 is 0. The number of carboxylic acids is 1. The van der Waals surface area contributed by atoms with Crippen LogP contribution < -0.4 is 99.0 Å². The molecule has 0 aliphatic carbocycles. The molecule has 11 atom stereocenters. The second kappa shape index (κ2) is 44.0. The summed E-state index contributed by atoms with van der Waals surface area (Å²) < 4.78 is 0. The maximum absolute atomic E-state index is 15.0. The maximum atomic E-state index is 15.0. The number of unbranched alkanes of at least 4 members (excludes halogenated alkanes) is 2. The molecule has 39 nitrogen and oxygen atoms in total. The summed E-state index contributed by atoms with van der Waals surface area (Å²) in [6.45, 7) is 3.89. The summed E-state index contributed by atoms with van der Waals surface area (Å²) in [5, 5.41) is 46.4. The van der Waals surface area contributed by atoms with Crippen LogP contribution in [0.5, 0.6) is 0 Å². The number of para-hydroxylation sites is 1. The highest BCUT2D eigenvalue weighted by atomic mass is 16.4. The molecule has 1 aliphatic rings. The lowest BCUT2D eigenvalue weighted by Gasteiger charge is -2.31. The number of imidazole rings is 1. The molecule has 3 heterocycles. The average molecular weight is 1450 g/mol. The quantitative estimate of drug-likeness (QED) is 0.0142. The number of hydrogen-bond acceptors (Lipinski definition) is 20. The van der Waals surface area contributed by atoms with Crippen LogP contribution in [0.1, 0.15) is 122 Å². The summed E-state index contributed by atoms with van der Waals surface area (Å²) in [6.07, 6.45) is 4.68. The van der Waals surface area contributed by atoms with Crippen molar-refractivity contribution in [2.45, 2.75) is 190 Å². The van der Waals surface area contributed by atoms with Crippen molar-refractivity contribution < 1.29 is 72.5 Å². The predicted octanol–water partition coefficient (Wildman–Crippen LogP) is -7.14. The van der Waals surface area contributed by atoms with Crippen LogP contribution in [-0.2, 0) is 75.2 Å². The van der Waals surface area contributed by atoms with E-state index in [0.29, 0.717) is 47.8 Å². The van der Waals surface area contributed by atoms with Gasteiger partial charge in [0.25, 0.3) is 0 Å². The van der Waals surface area contributed by atoms with Crippen molar-refractivity contribution in [2.24, 2.45) is 61.8 Å². The Bertz CT molecular complexity index is 3390. The van der Waals surface area contributed by atoms with E-state index in [-0.39, 0.29) is 121 Å². The van der Waals surface area contributed by atoms with Gasteiger partial charge in [0.2, 0.25) is 70.9 Å². The number of nitrogens with zero attached hydrogens (tertiary/aromatic N) is 4. The summed E-state index contributed by atoms with van der Waals surface area (Å²) in [5.74, 6) is -12.7. The number of aliphatic hydroxyl groups excluding tert-OH is 1. The van der Waals surface area contributed by atoms with Crippen molar-refractivity contribution >= 4 is 99.7 Å². The number of carboxylic acid groups (broad SMARTS) is 1. The smallest absolute Gasteiger partial charge is 0.305 e. The van der Waals surface area contributed by atoms with Crippen molar-refractivity contribution in [2.75, 3.05) is 45.9 Å². The van der Waals surface area contributed by atoms with Crippen molar-refractivity contribution in [1.29, 1.82) is 0 Å². The van der Waals surface area contributed by atoms with E-state index in [1.807, 2.05) is 13.8 Å². The highest BCUT2D eigenvalue weighted by molar-refractivity contribution is 6.00. The standard InChI is InChI=1S/C64H104N24O15/c1-34(2)25-39(67)54(95)77-31-50(90)79-35(3)53(94)87-48(32-89)60(101)84-45(26-36-29-76-40-14-5-4-13-38(36)40)57(98)85-46(27-37-30-73-33-78-37)58(99)83-44(18-11-23-75-64(71)72)62(103)88-24-12-19-49(88)61(102)86-47(28-51(91)92)59(100)82-43(16-7-9-21-66)56(97)81-42(15-6-8-20-65)55(96)80-41(52(68)93)17-10-22-74-63(69)70/h4-5,13-14,29-30,33-35,39,41-49,76,89H,6-12,15-28,31-32,65-67H2,1-3H3,(H2,68,93)(H,73,78)(H,77,95)(H,79,90)(H,80,96)(H,81,97)(H,82,100)(H,83,99)(H,84,101)(H,85,98)(H,86,102)(H,87,94)(H,91,92)(H4,69,70,74)(H4,71,72,75)/t35-,39-,41-,42-,43-,44-,45-,46-,47-,48-,49-/m1/s1. The van der Waals surface area contributed by atoms with E-state index in [1.165, 1.54) is 19.4 Å². The fraction of sp³-hybridized carbons (Fsp3) is 0.594. The van der Waals surface area contributed by atoms with Gasteiger partial charge in [0, 0.05) is 61.5 Å². The lowest BCUT2D eigenvalue weighted by Crippen LogP contribution is -2.61. The monoisotopic (exact) mass is 1450 g/mol. The fourth-order valence-electron chi connectivity index (χ4n) is 11.2. The van der Waals surface area contributed by atoms with Gasteiger partial charge in [-0.2, -0.15) is 0 Å². The largest absolute Gasteiger partial charge is 0.481 e. The Morgan fingerprint density at radius 3 is 1.66 bits per heavy atom. The van der Waals surface area contributed by atoms with Gasteiger partial charge in [0.15, 0.2) is 11.9 Å². The zero-order chi connectivity index (χ0) is 76.3. The van der Waals surface area contributed by atoms with Gasteiger partial charge >= 0.3 is 5.97 Å². The molecule has 30 N–H and O–H groups in total. The lowest BCUT2D eigenvalue weighted by molar-refractivity contribution is -0.144. The van der Waals surface area contributed by atoms with E-state index >= 15 is 4.79 Å². The first-order valence-corrected chi connectivity index (χ1v) is 34.2. The molecule has 0 spiro atoms. The van der Waals surface area contributed by atoms with E-state index in [4.69, 9.17) is 45.9 Å². The van der Waals surface area contributed by atoms with Gasteiger partial charge in [-0.05, 0) is 121 Å². The van der Waals surface area contributed by atoms with Crippen LogP contribution in [0.25, 0.3) is 10.9 Å². The minimum atomic E-state index is -1.87. The van der Waals surface area contributed by atoms with Crippen molar-refractivity contribution in [3.8, 4) is 0 Å². The van der Waals surface area contributed by atoms with Gasteiger partial charge in [-0.25, -0.2) is 4.98 Å². The Balaban J connectivity index is 1.61. The van der Waals surface area contributed by atoms with Crippen LogP contribution in [0, 0.1) is 5.92 Å². The normalized spacial score (nSPS) is 15.5. The Kier molecular flexibility index (Phi) is 36.2. The number of aliphatic carboxylic acids is 1. The number of aliphatic hydroxyl groups is 1. The van der Waals surface area contributed by atoms with Gasteiger partial charge in [-0.3, -0.25) is 72.3 Å². The molecular weight excluding hydrogens is 1340 g/mol. The molecule has 570 valence electrons. The summed E-state index contributed by atoms with van der Waals surface area (Å²) in [6, 6.07) is -8.77. The number of H-pyrrole nitrogens is 2. The van der Waals surface area contributed by atoms with Gasteiger partial charge in [-0.15, -0.1) is 0 Å². The molecule has 0 bridgehead atoms. The number of nitrogens with two attached hydrogens (primary N) is 8. The van der Waals surface area contributed by atoms with Crippen molar-refractivity contribution in [3.63, 3.8) is 0 Å². The van der Waals surface area contributed by atoms with E-state index < -0.39 is 163 Å². The number of aliphatic imine (C=N–C) groups is 2. The number of carbonyl (C=O) groups excluding carboxylic acids is 12. The summed E-state index contributed by atoms with van der Waals surface area (Å²) in [4.78, 5) is 198. The number of primary amides is 1. The molecule has 0 saturated carbocycles. The number of nitrogens with one attached hydrogen (secondary N) is 12. The third-order valence-corrected chi connectivity index (χ3v) is 16.6. The van der Waals surface area contributed by atoms with Gasteiger partial charge in [-0.1, -0.05) is 32.0 Å². The number of amides is 12. The van der Waals surface area contributed by atoms with Crippen LogP contribution >= 0.6 is 0 Å². The van der Waals surface area contributed by atoms with Gasteiger partial charge in [0.1, 0.15) is 60.4 Å². The molecule has 1 aliphatic heterocycles. The number of guanidine groups is 2. The van der Waals surface area contributed by atoms with E-state index in [0.717, 1.165) is 4.90 Å². The third kappa shape index (κ3) is 29.5. The number of benzene rings is 1. The van der Waals surface area contributed by atoms with E-state index in [1.54, 1.807) is 30.5 Å². The SMILES string of the molecule is CC(C)C[C@@H](N)C(=O)NCC(=O)N[C@H](C)C(=O)N[C@H](CO)C(=O)N[C@H](Cc1c[nH]c2ccccc12)C(=O)N[C@H](Cc1cnc[nH]1)C(=O)N[C@H](CCCN=C(N)N)C(=O)N1CCC[C@@H]1C(=O)N[C@H](CC(=O)O)C(=O)N[C@H](CCCCN)C(=O)N[C@H](CCCCN)C(=O)N[C@H](CCCN=C(N)N)C(N)=O. The van der Waals surface area contributed by atoms with Crippen molar-refractivity contribution in [3.05, 3.63) is 54.2 Å². The first kappa shape index (κ1) is 84.9. The highest BCUT2D eigenvalue weighted by Crippen LogP contribution is 2.22. The number of aromatic amines is 2. The molecule has 3 aromatic rings. The van der Waals surface area contributed by atoms with E-state index in [9.17, 15) is 67.7 Å². The van der Waals surface area contributed by atoms with Crippen LogP contribution in [0.4, 0.5) is 0 Å². The molecule has 4 rings (SSSR count). The Morgan fingerprint density at radius 1 is 0.602 bits per heavy atom. The zero-order valence-corrected chi connectivity index (χ0v) is 58.3. The second-order valence-corrected chi connectivity index (χ2v) is 25.4. The number of likely N-dealkylation sites (tertiary alicyclic amines) is 1. The summed E-state index contributed by atoms with van der Waals surface area (Å²) in [5.41, 5.74) is 46.5. The fourth-order valence-corrected chi connectivity index (χ4v) is 11.2. The van der Waals surface area contributed by atoms with Gasteiger partial charge in [0.05, 0.1) is 31.9 Å². The number of fused-ring (bicyclic) bond motifs is 1. The Morgan fingerprint density at radius 2 is 1.12 bits per heavy atom. The number of rotatable bonds is 47. The number of aromatic nitrogens is 3. The molecule has 12 amide bonds. The summed E-state index contributed by atoms with van der Waals surface area (Å²) in [7, 11) is 0. The minimum absolute atomic E-state index is 0.0215. The van der Waals surface area contributed by atoms with Crippen LogP contribution in [0.15, 0.2) is 53.0 Å². The van der Waals surface area contributed by atoms with E-state index in [2.05, 4.69) is 78.1 Å². The minimum Gasteiger partial charge on any atom is -0.481 e. The highest BCUT2D eigenvalue weighted by Gasteiger charge is 2.41. The van der Waals surface area contributed by atoms with Crippen molar-refractivity contribution in [1.82, 2.24) is 73.0 Å². The maximum Gasteiger partial charge on any atom is 0.305 e. The molecule has 1 fully saturated rings. The molecule has 0 unspecified atom stereocenters. The molecule has 0 radical (unpaired) electrons. The molecule has 2 aromatic heterocycles. The first-order valence-electron chi connectivity index (χ1n) is 34.2. The number of hydrogen-bond donors (Lipinski definition) is 22.